The fraction of sp³-hybridized carbons (Fsp3) is 0. The van der Waals surface area contributed by atoms with Crippen LogP contribution in [0.15, 0.2) is 94.5 Å². The lowest BCUT2D eigenvalue weighted by Crippen LogP contribution is -2.26. The number of hydrogen-bond donors (Lipinski definition) is 2. The maximum atomic E-state index is 12.1. The highest BCUT2D eigenvalue weighted by Gasteiger charge is 2.08. The first kappa shape index (κ1) is 16.9. The summed E-state index contributed by atoms with van der Waals surface area (Å²) in [5, 5.41) is 7.07. The molecule has 124 valence electrons. The number of hydrogen-bond acceptors (Lipinski definition) is 2. The summed E-state index contributed by atoms with van der Waals surface area (Å²) in [6.07, 6.45) is 0. The number of carbonyl (C=O) groups is 1. The lowest BCUT2D eigenvalue weighted by Gasteiger charge is -2.09. The Hall–Kier alpha value is -2.92. The number of hydrazone groups is 1. The van der Waals surface area contributed by atoms with Crippen molar-refractivity contribution in [3.05, 3.63) is 101 Å². The second-order valence-corrected chi connectivity index (χ2v) is 6.18. The van der Waals surface area contributed by atoms with E-state index in [0.717, 1.165) is 15.6 Å². The van der Waals surface area contributed by atoms with Gasteiger partial charge in [-0.3, -0.25) is 0 Å². The third-order valence-corrected chi connectivity index (χ3v) is 3.99. The fourth-order valence-corrected chi connectivity index (χ4v) is 2.55. The Balaban J connectivity index is 1.79. The van der Waals surface area contributed by atoms with Crippen molar-refractivity contribution in [3.8, 4) is 0 Å². The van der Waals surface area contributed by atoms with Crippen molar-refractivity contribution in [1.29, 1.82) is 0 Å². The Morgan fingerprint density at radius 2 is 1.28 bits per heavy atom. The molecule has 5 heteroatoms. The minimum absolute atomic E-state index is 0.397. The van der Waals surface area contributed by atoms with Gasteiger partial charge in [0.15, 0.2) is 0 Å². The predicted molar refractivity (Wildman–Crippen MR) is 105 cm³/mol. The minimum Gasteiger partial charge on any atom is -0.307 e. The van der Waals surface area contributed by atoms with E-state index in [0.29, 0.717) is 11.4 Å². The second kappa shape index (κ2) is 8.26. The van der Waals surface area contributed by atoms with Gasteiger partial charge in [0.25, 0.3) is 0 Å². The highest BCUT2D eigenvalue weighted by Crippen LogP contribution is 2.14. The number of nitrogens with zero attached hydrogens (tertiary/aromatic N) is 1. The van der Waals surface area contributed by atoms with Gasteiger partial charge in [0, 0.05) is 21.3 Å². The van der Waals surface area contributed by atoms with E-state index in [9.17, 15) is 4.79 Å². The number of anilines is 1. The van der Waals surface area contributed by atoms with Gasteiger partial charge in [-0.25, -0.2) is 10.2 Å². The Labute approximate surface area is 154 Å². The smallest absolute Gasteiger partial charge is 0.307 e. The van der Waals surface area contributed by atoms with Crippen molar-refractivity contribution < 1.29 is 4.79 Å². The summed E-state index contributed by atoms with van der Waals surface area (Å²) in [7, 11) is 0. The van der Waals surface area contributed by atoms with Gasteiger partial charge in [0.1, 0.15) is 0 Å². The van der Waals surface area contributed by atoms with Crippen LogP contribution < -0.4 is 10.7 Å². The van der Waals surface area contributed by atoms with Crippen molar-refractivity contribution in [1.82, 2.24) is 5.43 Å². The Morgan fingerprint density at radius 3 is 1.80 bits per heavy atom. The van der Waals surface area contributed by atoms with Gasteiger partial charge in [0.2, 0.25) is 0 Å². The van der Waals surface area contributed by atoms with E-state index < -0.39 is 6.03 Å². The predicted octanol–water partition coefficient (Wildman–Crippen LogP) is 5.02. The lowest BCUT2D eigenvalue weighted by molar-refractivity contribution is 0.252. The number of nitrogens with one attached hydrogen (secondary N) is 2. The van der Waals surface area contributed by atoms with Crippen LogP contribution in [0.2, 0.25) is 0 Å². The molecule has 0 fully saturated rings. The van der Waals surface area contributed by atoms with Gasteiger partial charge < -0.3 is 5.32 Å². The van der Waals surface area contributed by atoms with E-state index in [1.54, 1.807) is 0 Å². The fourth-order valence-electron chi connectivity index (χ4n) is 2.29. The molecule has 4 nitrogen and oxygen atoms in total. The molecule has 0 spiro atoms. The molecule has 0 radical (unpaired) electrons. The van der Waals surface area contributed by atoms with Crippen molar-refractivity contribution >= 4 is 33.4 Å². The minimum atomic E-state index is -0.397. The molecule has 0 saturated heterocycles. The van der Waals surface area contributed by atoms with Crippen LogP contribution in [0.5, 0.6) is 0 Å². The molecule has 2 N–H and O–H groups in total. The van der Waals surface area contributed by atoms with E-state index in [-0.39, 0.29) is 0 Å². The Morgan fingerprint density at radius 1 is 0.760 bits per heavy atom. The van der Waals surface area contributed by atoms with Crippen LogP contribution in [-0.4, -0.2) is 11.7 Å². The molecule has 0 aliphatic carbocycles. The summed E-state index contributed by atoms with van der Waals surface area (Å²) in [6, 6.07) is 26.4. The van der Waals surface area contributed by atoms with E-state index in [1.807, 2.05) is 84.9 Å². The number of halogens is 1. The standard InChI is InChI=1S/C20H16BrN3O/c21-17-11-13-18(14-12-17)22-20(25)24-23-19(15-7-3-1-4-8-15)16-9-5-2-6-10-16/h1-14H,(H2,22,24,25). The second-order valence-electron chi connectivity index (χ2n) is 5.27. The molecule has 3 aromatic carbocycles. The van der Waals surface area contributed by atoms with Crippen LogP contribution in [0.3, 0.4) is 0 Å². The van der Waals surface area contributed by atoms with Gasteiger partial charge in [-0.05, 0) is 24.3 Å². The topological polar surface area (TPSA) is 53.5 Å². The highest BCUT2D eigenvalue weighted by molar-refractivity contribution is 9.10. The van der Waals surface area contributed by atoms with Crippen molar-refractivity contribution in [2.45, 2.75) is 0 Å². The summed E-state index contributed by atoms with van der Waals surface area (Å²) in [5.41, 5.74) is 5.82. The van der Waals surface area contributed by atoms with Gasteiger partial charge in [-0.15, -0.1) is 0 Å². The molecular weight excluding hydrogens is 378 g/mol. The molecule has 0 bridgehead atoms. The molecule has 0 saturated carbocycles. The molecule has 0 atom stereocenters. The number of urea groups is 1. The zero-order valence-electron chi connectivity index (χ0n) is 13.3. The molecule has 0 unspecified atom stereocenters. The van der Waals surface area contributed by atoms with Crippen molar-refractivity contribution in [3.63, 3.8) is 0 Å². The average molecular weight is 394 g/mol. The first-order chi connectivity index (χ1) is 12.2. The first-order valence-corrected chi connectivity index (χ1v) is 8.53. The van der Waals surface area contributed by atoms with E-state index in [2.05, 4.69) is 31.8 Å². The maximum absolute atomic E-state index is 12.1. The monoisotopic (exact) mass is 393 g/mol. The molecular formula is C20H16BrN3O. The normalized spacial score (nSPS) is 9.96. The summed E-state index contributed by atoms with van der Waals surface area (Å²) >= 11 is 3.36. The van der Waals surface area contributed by atoms with Gasteiger partial charge >= 0.3 is 6.03 Å². The van der Waals surface area contributed by atoms with Crippen LogP contribution in [0.25, 0.3) is 0 Å². The van der Waals surface area contributed by atoms with E-state index >= 15 is 0 Å². The third-order valence-electron chi connectivity index (χ3n) is 3.47. The van der Waals surface area contributed by atoms with Gasteiger partial charge in [-0.2, -0.15) is 5.10 Å². The largest absolute Gasteiger partial charge is 0.339 e. The van der Waals surface area contributed by atoms with E-state index in [1.165, 1.54) is 0 Å². The van der Waals surface area contributed by atoms with Crippen LogP contribution in [0.1, 0.15) is 11.1 Å². The molecule has 3 aromatic rings. The molecule has 0 aliphatic heterocycles. The van der Waals surface area contributed by atoms with Crippen molar-refractivity contribution in [2.24, 2.45) is 5.10 Å². The van der Waals surface area contributed by atoms with Gasteiger partial charge in [0.05, 0.1) is 5.71 Å². The van der Waals surface area contributed by atoms with Crippen LogP contribution in [0, 0.1) is 0 Å². The first-order valence-electron chi connectivity index (χ1n) is 7.73. The molecule has 2 amide bonds. The van der Waals surface area contributed by atoms with Gasteiger partial charge in [-0.1, -0.05) is 76.6 Å². The number of benzene rings is 3. The zero-order valence-corrected chi connectivity index (χ0v) is 14.9. The summed E-state index contributed by atoms with van der Waals surface area (Å²) in [4.78, 5) is 12.1. The average Bonchev–Trinajstić information content (AvgIpc) is 2.66. The van der Waals surface area contributed by atoms with Crippen LogP contribution >= 0.6 is 15.9 Å². The number of amides is 2. The molecule has 3 rings (SSSR count). The molecule has 25 heavy (non-hydrogen) atoms. The zero-order chi connectivity index (χ0) is 17.5. The molecule has 0 aromatic heterocycles. The lowest BCUT2D eigenvalue weighted by atomic mass is 10.0. The van der Waals surface area contributed by atoms with Crippen LogP contribution in [-0.2, 0) is 0 Å². The Bertz CT molecular complexity index is 821. The SMILES string of the molecule is O=C(NN=C(c1ccccc1)c1ccccc1)Nc1ccc(Br)cc1. The number of rotatable bonds is 4. The van der Waals surface area contributed by atoms with Crippen LogP contribution in [0.4, 0.5) is 10.5 Å². The summed E-state index contributed by atoms with van der Waals surface area (Å²) in [5.74, 6) is 0. The third kappa shape index (κ3) is 4.78. The summed E-state index contributed by atoms with van der Waals surface area (Å²) in [6.45, 7) is 0. The Kier molecular flexibility index (Phi) is 5.59. The van der Waals surface area contributed by atoms with E-state index in [4.69, 9.17) is 0 Å². The number of carbonyl (C=O) groups excluding carboxylic acids is 1. The quantitative estimate of drug-likeness (QED) is 0.474. The van der Waals surface area contributed by atoms with Crippen molar-refractivity contribution in [2.75, 3.05) is 5.32 Å². The highest BCUT2D eigenvalue weighted by atomic mass is 79.9. The maximum Gasteiger partial charge on any atom is 0.339 e. The molecule has 0 heterocycles. The summed E-state index contributed by atoms with van der Waals surface area (Å²) < 4.78 is 0.951. The molecule has 0 aliphatic rings.